The number of hydrogen-bond donors (Lipinski definition) is 0. The Bertz CT molecular complexity index is 1350. The van der Waals surface area contributed by atoms with Gasteiger partial charge in [0.1, 0.15) is 0 Å². The summed E-state index contributed by atoms with van der Waals surface area (Å²) < 4.78 is 421. The molecule has 0 aromatic rings. The van der Waals surface area contributed by atoms with Crippen LogP contribution in [0.25, 0.3) is 0 Å². The van der Waals surface area contributed by atoms with Crippen molar-refractivity contribution in [3.8, 4) is 0 Å². The molecule has 0 spiro atoms. The van der Waals surface area contributed by atoms with Gasteiger partial charge in [0, 0.05) is 5.57 Å². The lowest BCUT2D eigenvalue weighted by molar-refractivity contribution is -0.499. The maximum atomic E-state index is 15.1. The molecule has 2 nitrogen and oxygen atoms in total. The molecule has 310 valence electrons. The highest BCUT2D eigenvalue weighted by molar-refractivity contribution is 5.87. The molecule has 0 heterocycles. The molecule has 0 aromatic heterocycles. The summed E-state index contributed by atoms with van der Waals surface area (Å²) in [4.78, 5) is 11.3. The molecule has 0 N–H and O–H groups in total. The van der Waals surface area contributed by atoms with Crippen LogP contribution in [0.4, 0.5) is 136 Å². The first kappa shape index (κ1) is 49.0. The molecule has 0 fully saturated rings. The van der Waals surface area contributed by atoms with Gasteiger partial charge in [0.05, 0.1) is 0 Å². The summed E-state index contributed by atoms with van der Waals surface area (Å²) in [5, 5.41) is 0. The fourth-order valence-electron chi connectivity index (χ4n) is 3.04. The zero-order chi connectivity index (χ0) is 43.4. The van der Waals surface area contributed by atoms with Crippen LogP contribution in [0.5, 0.6) is 0 Å². The predicted molar refractivity (Wildman–Crippen MR) is 96.2 cm³/mol. The van der Waals surface area contributed by atoms with Crippen molar-refractivity contribution in [2.24, 2.45) is 0 Å². The van der Waals surface area contributed by atoms with Gasteiger partial charge < -0.3 is 4.74 Å². The molecule has 33 heteroatoms. The quantitative estimate of drug-likeness (QED) is 0.105. The summed E-state index contributed by atoms with van der Waals surface area (Å²) in [6.45, 7) is 1.61. The molecule has 0 radical (unpaired) electrons. The van der Waals surface area contributed by atoms with E-state index in [1.807, 2.05) is 6.58 Å². The maximum Gasteiger partial charge on any atom is 0.460 e. The Kier molecular flexibility index (Phi) is 11.3. The van der Waals surface area contributed by atoms with Crippen LogP contribution >= 0.6 is 0 Å². The van der Waals surface area contributed by atoms with E-state index < -0.39 is 101 Å². The van der Waals surface area contributed by atoms with Gasteiger partial charge in [-0.05, 0) is 6.92 Å². The topological polar surface area (TPSA) is 26.3 Å². The van der Waals surface area contributed by atoms with E-state index in [2.05, 4.69) is 0 Å². The highest BCUT2D eigenvalue weighted by Gasteiger charge is 3.02. The van der Waals surface area contributed by atoms with Gasteiger partial charge in [-0.1, -0.05) is 6.58 Å². The Morgan fingerprint density at radius 1 is 0.346 bits per heavy atom. The van der Waals surface area contributed by atoms with Gasteiger partial charge in [-0.15, -0.1) is 0 Å². The molecule has 0 aliphatic heterocycles. The van der Waals surface area contributed by atoms with E-state index in [9.17, 15) is 137 Å². The molecule has 0 saturated heterocycles. The van der Waals surface area contributed by atoms with Crippen LogP contribution in [0.2, 0.25) is 0 Å². The summed E-state index contributed by atoms with van der Waals surface area (Å²) in [6.07, 6.45) is -26.0. The Morgan fingerprint density at radius 3 is 0.769 bits per heavy atom. The van der Waals surface area contributed by atoms with Crippen LogP contribution in [-0.4, -0.2) is 95.2 Å². The van der Waals surface area contributed by atoms with Crippen molar-refractivity contribution in [1.82, 2.24) is 0 Å². The van der Waals surface area contributed by atoms with Crippen molar-refractivity contribution in [3.05, 3.63) is 12.2 Å². The van der Waals surface area contributed by atoms with E-state index in [1.165, 1.54) is 0 Å². The number of hydrogen-bond acceptors (Lipinski definition) is 2. The second kappa shape index (κ2) is 12.0. The molecule has 52 heavy (non-hydrogen) atoms. The number of carbonyl (C=O) groups is 1. The standard InChI is InChI=1S/C19H5F31O2/c1-3(2)4(51)52-16(41,13(35,36)6(21,22)5(20,17(42,43)44)18(45,46)47)14(37,38)11(31,32)9(27,28)7(23,24)8(25,26)10(29,30)12(33,34)15(39,40)19(48,49)50/h1H2,2H3. The maximum absolute atomic E-state index is 15.1. The summed E-state index contributed by atoms with van der Waals surface area (Å²) in [5.74, 6) is -111. The van der Waals surface area contributed by atoms with Gasteiger partial charge in [-0.25, -0.2) is 9.18 Å². The van der Waals surface area contributed by atoms with Gasteiger partial charge in [0.25, 0.3) is 0 Å². The van der Waals surface area contributed by atoms with Gasteiger partial charge in [0.15, 0.2) is 0 Å². The Labute approximate surface area is 261 Å². The second-order valence-corrected chi connectivity index (χ2v) is 9.66. The van der Waals surface area contributed by atoms with E-state index in [0.29, 0.717) is 0 Å². The van der Waals surface area contributed by atoms with Gasteiger partial charge >= 0.3 is 95.2 Å². The molecule has 0 rings (SSSR count). The lowest BCUT2D eigenvalue weighted by atomic mass is 9.80. The fraction of sp³-hybridized carbons (Fsp3) is 0.842. The smallest absolute Gasteiger partial charge is 0.413 e. The zero-order valence-electron chi connectivity index (χ0n) is 22.7. The van der Waals surface area contributed by atoms with Crippen molar-refractivity contribution in [1.29, 1.82) is 0 Å². The lowest BCUT2D eigenvalue weighted by Crippen LogP contribution is -2.81. The molecule has 0 aromatic carbocycles. The van der Waals surface area contributed by atoms with Crippen LogP contribution < -0.4 is 0 Å². The van der Waals surface area contributed by atoms with E-state index in [-0.39, 0.29) is 6.92 Å². The Morgan fingerprint density at radius 2 is 0.558 bits per heavy atom. The number of carbonyl (C=O) groups excluding carboxylic acids is 1. The van der Waals surface area contributed by atoms with Gasteiger partial charge in [-0.3, -0.25) is 0 Å². The van der Waals surface area contributed by atoms with Crippen LogP contribution in [-0.2, 0) is 9.53 Å². The average Bonchev–Trinajstić information content (AvgIpc) is 2.89. The number of alkyl halides is 31. The molecule has 0 amide bonds. The highest BCUT2D eigenvalue weighted by atomic mass is 19.4. The van der Waals surface area contributed by atoms with Crippen molar-refractivity contribution in [2.75, 3.05) is 0 Å². The van der Waals surface area contributed by atoms with E-state index in [0.717, 1.165) is 0 Å². The summed E-state index contributed by atoms with van der Waals surface area (Å²) >= 11 is 0. The van der Waals surface area contributed by atoms with E-state index in [4.69, 9.17) is 0 Å². The third kappa shape index (κ3) is 5.72. The van der Waals surface area contributed by atoms with Crippen LogP contribution in [0, 0.1) is 0 Å². The minimum absolute atomic E-state index is 0.345. The molecule has 0 aliphatic rings. The minimum Gasteiger partial charge on any atom is -0.413 e. The van der Waals surface area contributed by atoms with Crippen molar-refractivity contribution in [3.63, 3.8) is 0 Å². The third-order valence-corrected chi connectivity index (χ3v) is 6.11. The number of halogens is 31. The van der Waals surface area contributed by atoms with Crippen LogP contribution in [0.15, 0.2) is 12.2 Å². The van der Waals surface area contributed by atoms with Crippen LogP contribution in [0.3, 0.4) is 0 Å². The van der Waals surface area contributed by atoms with Gasteiger partial charge in [0.2, 0.25) is 0 Å². The normalized spacial score (nSPS) is 17.5. The molecular weight excluding hydrogens is 849 g/mol. The number of ether oxygens (including phenoxy) is 1. The number of esters is 1. The molecule has 0 aliphatic carbocycles. The molecule has 0 bridgehead atoms. The molecule has 1 unspecified atom stereocenters. The lowest BCUT2D eigenvalue weighted by Gasteiger charge is -2.48. The van der Waals surface area contributed by atoms with Crippen molar-refractivity contribution >= 4 is 5.97 Å². The van der Waals surface area contributed by atoms with E-state index >= 15 is 4.39 Å². The van der Waals surface area contributed by atoms with E-state index in [1.54, 1.807) is 4.74 Å². The first-order valence-corrected chi connectivity index (χ1v) is 11.1. The highest BCUT2D eigenvalue weighted by Crippen LogP contribution is 2.70. The summed E-state index contributed by atoms with van der Waals surface area (Å²) in [6, 6.07) is 0. The van der Waals surface area contributed by atoms with Crippen molar-refractivity contribution < 1.29 is 146 Å². The SMILES string of the molecule is C=C(C)C(=O)OC(F)(C(F)(F)C(F)(F)C(F)(F)C(F)(F)C(F)(F)C(F)(F)C(F)(F)C(F)(F)C(F)(F)F)C(F)(F)C(F)(F)C(F)(C(F)(F)F)C(F)(F)F. The predicted octanol–water partition coefficient (Wildman–Crippen LogP) is 10.5. The number of rotatable bonds is 13. The summed E-state index contributed by atoms with van der Waals surface area (Å²) in [7, 11) is 0. The monoisotopic (exact) mass is 854 g/mol. The fourth-order valence-corrected chi connectivity index (χ4v) is 3.04. The Hall–Kier alpha value is -2.96. The molecule has 0 saturated carbocycles. The summed E-state index contributed by atoms with van der Waals surface area (Å²) in [5.41, 5.74) is -11.7. The molecule has 1 atom stereocenters. The first-order chi connectivity index (χ1) is 21.8. The minimum atomic E-state index is -10.1. The zero-order valence-corrected chi connectivity index (χ0v) is 22.7. The average molecular weight is 854 g/mol. The van der Waals surface area contributed by atoms with Gasteiger partial charge in [-0.2, -0.15) is 132 Å². The third-order valence-electron chi connectivity index (χ3n) is 6.11. The van der Waals surface area contributed by atoms with Crippen LogP contribution in [0.1, 0.15) is 6.92 Å². The first-order valence-electron chi connectivity index (χ1n) is 11.1. The molecular formula is C19H5F31O2. The largest absolute Gasteiger partial charge is 0.460 e. The Balaban J connectivity index is 8.35. The second-order valence-electron chi connectivity index (χ2n) is 9.66. The van der Waals surface area contributed by atoms with Crippen molar-refractivity contribution in [2.45, 2.75) is 96.2 Å².